The molecular formula is C24H17NO2. The maximum atomic E-state index is 10.7. The number of phenols is 1. The van der Waals surface area contributed by atoms with Crippen molar-refractivity contribution in [3.63, 3.8) is 0 Å². The molecule has 1 N–H and O–H groups in total. The van der Waals surface area contributed by atoms with Crippen LogP contribution >= 0.6 is 0 Å². The highest BCUT2D eigenvalue weighted by molar-refractivity contribution is 6.25. The third-order valence-corrected chi connectivity index (χ3v) is 5.02. The number of nitrogens with zero attached hydrogens (tertiary/aromatic N) is 1. The second-order valence-electron chi connectivity index (χ2n) is 6.55. The minimum absolute atomic E-state index is 0.225. The van der Waals surface area contributed by atoms with Gasteiger partial charge >= 0.3 is 0 Å². The first-order valence-corrected chi connectivity index (χ1v) is 8.84. The summed E-state index contributed by atoms with van der Waals surface area (Å²) < 4.78 is 5.76. The Hall–Kier alpha value is -3.59. The molecule has 0 aliphatic heterocycles. The average Bonchev–Trinajstić information content (AvgIpc) is 2.73. The first-order chi connectivity index (χ1) is 13.3. The summed E-state index contributed by atoms with van der Waals surface area (Å²) >= 11 is 0. The molecule has 130 valence electrons. The smallest absolute Gasteiger partial charge is 0.129 e. The summed E-state index contributed by atoms with van der Waals surface area (Å²) in [4.78, 5) is 4.91. The van der Waals surface area contributed by atoms with Crippen LogP contribution in [-0.4, -0.2) is 17.2 Å². The van der Waals surface area contributed by atoms with Gasteiger partial charge in [-0.3, -0.25) is 0 Å². The van der Waals surface area contributed by atoms with Gasteiger partial charge in [0.2, 0.25) is 0 Å². The lowest BCUT2D eigenvalue weighted by Gasteiger charge is -2.16. The van der Waals surface area contributed by atoms with E-state index in [4.69, 9.17) is 9.72 Å². The number of hydrogen-bond acceptors (Lipinski definition) is 3. The number of benzene rings is 4. The maximum Gasteiger partial charge on any atom is 0.129 e. The minimum atomic E-state index is 0.225. The van der Waals surface area contributed by atoms with Gasteiger partial charge in [0.15, 0.2) is 0 Å². The van der Waals surface area contributed by atoms with Crippen LogP contribution in [0.15, 0.2) is 78.9 Å². The van der Waals surface area contributed by atoms with Gasteiger partial charge in [-0.1, -0.05) is 60.7 Å². The summed E-state index contributed by atoms with van der Waals surface area (Å²) in [5, 5.41) is 15.4. The van der Waals surface area contributed by atoms with Gasteiger partial charge in [0.1, 0.15) is 11.5 Å². The summed E-state index contributed by atoms with van der Waals surface area (Å²) in [5.74, 6) is 0.975. The highest BCUT2D eigenvalue weighted by atomic mass is 16.5. The Bertz CT molecular complexity index is 1310. The highest BCUT2D eigenvalue weighted by Gasteiger charge is 2.19. The second-order valence-corrected chi connectivity index (χ2v) is 6.55. The van der Waals surface area contributed by atoms with E-state index < -0.39 is 0 Å². The first kappa shape index (κ1) is 15.6. The van der Waals surface area contributed by atoms with E-state index in [0.717, 1.165) is 49.5 Å². The van der Waals surface area contributed by atoms with E-state index in [-0.39, 0.29) is 5.75 Å². The molecule has 0 atom stereocenters. The molecule has 5 aromatic rings. The summed E-state index contributed by atoms with van der Waals surface area (Å²) in [7, 11) is 1.67. The van der Waals surface area contributed by atoms with Crippen molar-refractivity contribution in [2.24, 2.45) is 0 Å². The molecule has 0 spiro atoms. The predicted molar refractivity (Wildman–Crippen MR) is 110 cm³/mol. The number of methoxy groups -OCH3 is 1. The van der Waals surface area contributed by atoms with E-state index in [2.05, 4.69) is 12.1 Å². The number of hydrogen-bond donors (Lipinski definition) is 1. The third kappa shape index (κ3) is 2.32. The van der Waals surface area contributed by atoms with E-state index in [1.165, 1.54) is 0 Å². The van der Waals surface area contributed by atoms with Crippen LogP contribution in [0.2, 0.25) is 0 Å². The Balaban J connectivity index is 2.13. The molecule has 0 aliphatic rings. The Morgan fingerprint density at radius 1 is 0.778 bits per heavy atom. The fraction of sp³-hybridized carbons (Fsp3) is 0.0417. The van der Waals surface area contributed by atoms with Gasteiger partial charge in [0.05, 0.1) is 29.1 Å². The zero-order valence-electron chi connectivity index (χ0n) is 14.8. The molecule has 0 saturated heterocycles. The second kappa shape index (κ2) is 5.99. The molecule has 0 unspecified atom stereocenters. The number of rotatable bonds is 2. The quantitative estimate of drug-likeness (QED) is 0.401. The van der Waals surface area contributed by atoms with E-state index in [9.17, 15) is 5.11 Å². The Labute approximate surface area is 156 Å². The lowest BCUT2D eigenvalue weighted by Crippen LogP contribution is -1.94. The molecule has 0 fully saturated rings. The molecular weight excluding hydrogens is 334 g/mol. The summed E-state index contributed by atoms with van der Waals surface area (Å²) in [6, 6.07) is 25.8. The molecule has 0 aliphatic carbocycles. The van der Waals surface area contributed by atoms with Crippen LogP contribution in [0.1, 0.15) is 0 Å². The maximum absolute atomic E-state index is 10.7. The van der Waals surface area contributed by atoms with E-state index in [0.29, 0.717) is 0 Å². The molecule has 4 aromatic carbocycles. The lowest BCUT2D eigenvalue weighted by atomic mass is 9.94. The molecule has 0 bridgehead atoms. The fourth-order valence-electron chi connectivity index (χ4n) is 3.84. The molecule has 0 saturated carbocycles. The van der Waals surface area contributed by atoms with Gasteiger partial charge in [-0.05, 0) is 29.0 Å². The first-order valence-electron chi connectivity index (χ1n) is 8.84. The van der Waals surface area contributed by atoms with Crippen LogP contribution in [0.5, 0.6) is 11.5 Å². The van der Waals surface area contributed by atoms with Crippen LogP contribution in [-0.2, 0) is 0 Å². The van der Waals surface area contributed by atoms with Crippen molar-refractivity contribution in [2.45, 2.75) is 0 Å². The standard InChI is InChI=1S/C24H17NO2/c1-27-20-14-16-10-5-6-11-17(16)21-22-18(12-7-13-19(22)26)25-24(23(20)21)15-8-3-2-4-9-15/h2-14,26H,1H3. The lowest BCUT2D eigenvalue weighted by molar-refractivity contribution is 0.420. The summed E-state index contributed by atoms with van der Waals surface area (Å²) in [5.41, 5.74) is 2.63. The topological polar surface area (TPSA) is 42.4 Å². The van der Waals surface area contributed by atoms with Crippen LogP contribution in [0, 0.1) is 0 Å². The van der Waals surface area contributed by atoms with E-state index in [1.807, 2.05) is 60.7 Å². The molecule has 5 rings (SSSR count). The highest BCUT2D eigenvalue weighted by Crippen LogP contribution is 2.44. The van der Waals surface area contributed by atoms with Crippen molar-refractivity contribution in [2.75, 3.05) is 7.11 Å². The number of aromatic nitrogens is 1. The van der Waals surface area contributed by atoms with Crippen LogP contribution in [0.25, 0.3) is 43.7 Å². The van der Waals surface area contributed by atoms with Crippen LogP contribution in [0.3, 0.4) is 0 Å². The van der Waals surface area contributed by atoms with Crippen molar-refractivity contribution in [1.82, 2.24) is 4.98 Å². The number of fused-ring (bicyclic) bond motifs is 5. The van der Waals surface area contributed by atoms with E-state index >= 15 is 0 Å². The molecule has 3 heteroatoms. The Morgan fingerprint density at radius 2 is 1.56 bits per heavy atom. The molecule has 1 aromatic heterocycles. The molecule has 27 heavy (non-hydrogen) atoms. The molecule has 3 nitrogen and oxygen atoms in total. The monoisotopic (exact) mass is 351 g/mol. The zero-order valence-corrected chi connectivity index (χ0v) is 14.8. The number of ether oxygens (including phenoxy) is 1. The van der Waals surface area contributed by atoms with Crippen LogP contribution < -0.4 is 4.74 Å². The Kier molecular flexibility index (Phi) is 3.47. The van der Waals surface area contributed by atoms with Crippen molar-refractivity contribution in [3.8, 4) is 22.8 Å². The van der Waals surface area contributed by atoms with Gasteiger partial charge in [0, 0.05) is 10.9 Å². The van der Waals surface area contributed by atoms with Crippen molar-refractivity contribution < 1.29 is 9.84 Å². The SMILES string of the molecule is COc1cc2ccccc2c2c1c(-c1ccccc1)nc1cccc(O)c12. The van der Waals surface area contributed by atoms with Gasteiger partial charge < -0.3 is 9.84 Å². The zero-order chi connectivity index (χ0) is 18.4. The fourth-order valence-corrected chi connectivity index (χ4v) is 3.84. The average molecular weight is 351 g/mol. The van der Waals surface area contributed by atoms with Crippen molar-refractivity contribution in [3.05, 3.63) is 78.9 Å². The third-order valence-electron chi connectivity index (χ3n) is 5.02. The molecule has 0 amide bonds. The predicted octanol–water partition coefficient (Wildman–Crippen LogP) is 5.92. The number of aromatic hydroxyl groups is 1. The van der Waals surface area contributed by atoms with Crippen molar-refractivity contribution in [1.29, 1.82) is 0 Å². The molecule has 1 heterocycles. The van der Waals surface area contributed by atoms with Gasteiger partial charge in [-0.15, -0.1) is 0 Å². The van der Waals surface area contributed by atoms with E-state index in [1.54, 1.807) is 13.2 Å². The van der Waals surface area contributed by atoms with Crippen molar-refractivity contribution >= 4 is 32.4 Å². The largest absolute Gasteiger partial charge is 0.507 e. The Morgan fingerprint density at radius 3 is 2.37 bits per heavy atom. The summed E-state index contributed by atoms with van der Waals surface area (Å²) in [6.07, 6.45) is 0. The van der Waals surface area contributed by atoms with Gasteiger partial charge in [0.25, 0.3) is 0 Å². The summed E-state index contributed by atoms with van der Waals surface area (Å²) in [6.45, 7) is 0. The molecule has 0 radical (unpaired) electrons. The number of pyridine rings is 1. The van der Waals surface area contributed by atoms with Crippen LogP contribution in [0.4, 0.5) is 0 Å². The number of phenolic OH excluding ortho intramolecular Hbond substituents is 1. The normalized spacial score (nSPS) is 11.3. The van der Waals surface area contributed by atoms with Gasteiger partial charge in [-0.25, -0.2) is 4.98 Å². The van der Waals surface area contributed by atoms with Gasteiger partial charge in [-0.2, -0.15) is 0 Å². The minimum Gasteiger partial charge on any atom is -0.507 e.